The molecule has 4 nitrogen and oxygen atoms in total. The molecule has 0 radical (unpaired) electrons. The molecule has 0 saturated carbocycles. The Morgan fingerprint density at radius 2 is 2.06 bits per heavy atom. The highest BCUT2D eigenvalue weighted by molar-refractivity contribution is 5.90. The third-order valence-corrected chi connectivity index (χ3v) is 3.11. The molecule has 1 aliphatic heterocycles. The Hall–Kier alpha value is -1.32. The van der Waals surface area contributed by atoms with Gasteiger partial charge in [-0.15, -0.1) is 6.58 Å². The summed E-state index contributed by atoms with van der Waals surface area (Å²) in [5.41, 5.74) is -0.282. The molecule has 1 heterocycles. The molecule has 0 bridgehead atoms. The molecule has 0 aromatic heterocycles. The molecular weight excluding hydrogens is 216 g/mol. The van der Waals surface area contributed by atoms with Crippen LogP contribution in [0.15, 0.2) is 12.7 Å². The number of hydrogen-bond donors (Lipinski definition) is 1. The number of nitrogens with zero attached hydrogens (tertiary/aromatic N) is 1. The molecule has 1 N–H and O–H groups in total. The van der Waals surface area contributed by atoms with Gasteiger partial charge in [-0.1, -0.05) is 26.8 Å². The lowest BCUT2D eigenvalue weighted by molar-refractivity contribution is -0.137. The minimum atomic E-state index is -0.458. The third-order valence-electron chi connectivity index (χ3n) is 3.11. The second-order valence-electron chi connectivity index (χ2n) is 5.62. The van der Waals surface area contributed by atoms with Gasteiger partial charge < -0.3 is 10.2 Å². The number of nitrogens with one attached hydrogen (secondary N) is 1. The highest BCUT2D eigenvalue weighted by atomic mass is 16.2. The van der Waals surface area contributed by atoms with Crippen molar-refractivity contribution in [3.8, 4) is 0 Å². The van der Waals surface area contributed by atoms with E-state index in [1.165, 1.54) is 0 Å². The van der Waals surface area contributed by atoms with Crippen LogP contribution in [0.5, 0.6) is 0 Å². The van der Waals surface area contributed by atoms with E-state index in [0.717, 1.165) is 0 Å². The molecule has 1 aliphatic rings. The van der Waals surface area contributed by atoms with Crippen LogP contribution in [-0.4, -0.2) is 35.3 Å². The largest absolute Gasteiger partial charge is 0.344 e. The van der Waals surface area contributed by atoms with Crippen molar-refractivity contribution in [2.75, 3.05) is 6.54 Å². The van der Waals surface area contributed by atoms with E-state index < -0.39 is 6.04 Å². The van der Waals surface area contributed by atoms with Crippen molar-refractivity contribution >= 4 is 11.8 Å². The van der Waals surface area contributed by atoms with Crippen LogP contribution in [0.2, 0.25) is 0 Å². The van der Waals surface area contributed by atoms with E-state index in [4.69, 9.17) is 0 Å². The van der Waals surface area contributed by atoms with Gasteiger partial charge in [0.25, 0.3) is 0 Å². The first-order valence-corrected chi connectivity index (χ1v) is 5.99. The Labute approximate surface area is 103 Å². The molecule has 2 unspecified atom stereocenters. The first kappa shape index (κ1) is 13.7. The highest BCUT2D eigenvalue weighted by Crippen LogP contribution is 2.24. The lowest BCUT2D eigenvalue weighted by atomic mass is 9.85. The molecule has 4 heteroatoms. The zero-order valence-corrected chi connectivity index (χ0v) is 11.1. The topological polar surface area (TPSA) is 49.4 Å². The molecular formula is C13H22N2O2. The van der Waals surface area contributed by atoms with E-state index in [9.17, 15) is 9.59 Å². The molecule has 0 spiro atoms. The van der Waals surface area contributed by atoms with Gasteiger partial charge in [-0.2, -0.15) is 0 Å². The van der Waals surface area contributed by atoms with Crippen molar-refractivity contribution in [1.82, 2.24) is 10.2 Å². The minimum Gasteiger partial charge on any atom is -0.344 e. The van der Waals surface area contributed by atoms with Gasteiger partial charge in [0.15, 0.2) is 0 Å². The minimum absolute atomic E-state index is 0.0178. The van der Waals surface area contributed by atoms with Crippen LogP contribution in [0.25, 0.3) is 0 Å². The zero-order chi connectivity index (χ0) is 13.2. The summed E-state index contributed by atoms with van der Waals surface area (Å²) in [4.78, 5) is 25.8. The van der Waals surface area contributed by atoms with Gasteiger partial charge in [0, 0.05) is 19.0 Å². The maximum Gasteiger partial charge on any atom is 0.246 e. The van der Waals surface area contributed by atoms with Crippen molar-refractivity contribution in [1.29, 1.82) is 0 Å². The fourth-order valence-electron chi connectivity index (χ4n) is 1.91. The second kappa shape index (κ2) is 4.90. The lowest BCUT2D eigenvalue weighted by Crippen LogP contribution is -2.53. The number of hydrogen-bond acceptors (Lipinski definition) is 2. The Morgan fingerprint density at radius 1 is 1.47 bits per heavy atom. The maximum absolute atomic E-state index is 12.4. The summed E-state index contributed by atoms with van der Waals surface area (Å²) in [7, 11) is 0. The van der Waals surface area contributed by atoms with E-state index in [1.54, 1.807) is 11.0 Å². The average molecular weight is 238 g/mol. The van der Waals surface area contributed by atoms with Crippen molar-refractivity contribution < 1.29 is 9.59 Å². The van der Waals surface area contributed by atoms with Gasteiger partial charge in [0.05, 0.1) is 0 Å². The number of carbonyl (C=O) groups is 2. The van der Waals surface area contributed by atoms with E-state index in [0.29, 0.717) is 13.0 Å². The number of rotatable bonds is 2. The molecule has 2 atom stereocenters. The van der Waals surface area contributed by atoms with Gasteiger partial charge in [-0.05, 0) is 12.3 Å². The highest BCUT2D eigenvalue weighted by Gasteiger charge is 2.38. The summed E-state index contributed by atoms with van der Waals surface area (Å²) < 4.78 is 0. The van der Waals surface area contributed by atoms with Crippen molar-refractivity contribution in [3.63, 3.8) is 0 Å². The fraction of sp³-hybridized carbons (Fsp3) is 0.692. The predicted octanol–water partition coefficient (Wildman–Crippen LogP) is 1.32. The maximum atomic E-state index is 12.4. The fourth-order valence-corrected chi connectivity index (χ4v) is 1.91. The first-order chi connectivity index (χ1) is 7.77. The standard InChI is InChI=1S/C13H22N2O2/c1-6-9(2)15-8-7-10(16)14-11(12(15)17)13(3,4)5/h6,9,11H,1,7-8H2,2-5H3,(H,14,16). The van der Waals surface area contributed by atoms with Crippen LogP contribution in [0.1, 0.15) is 34.1 Å². The Balaban J connectivity index is 3.01. The van der Waals surface area contributed by atoms with Gasteiger partial charge >= 0.3 is 0 Å². The van der Waals surface area contributed by atoms with Crippen LogP contribution >= 0.6 is 0 Å². The van der Waals surface area contributed by atoms with Crippen LogP contribution in [0, 0.1) is 5.41 Å². The zero-order valence-electron chi connectivity index (χ0n) is 11.1. The predicted molar refractivity (Wildman–Crippen MR) is 67.4 cm³/mol. The molecule has 0 aromatic carbocycles. The van der Waals surface area contributed by atoms with Crippen LogP contribution in [0.3, 0.4) is 0 Å². The Kier molecular flexibility index (Phi) is 3.96. The normalized spacial score (nSPS) is 24.0. The van der Waals surface area contributed by atoms with E-state index >= 15 is 0 Å². The van der Waals surface area contributed by atoms with Crippen molar-refractivity contribution in [2.45, 2.75) is 46.2 Å². The lowest BCUT2D eigenvalue weighted by Gasteiger charge is -2.34. The SMILES string of the molecule is C=CC(C)N1CCC(=O)NC(C(C)(C)C)C1=O. The summed E-state index contributed by atoms with van der Waals surface area (Å²) in [5.74, 6) is -0.0761. The summed E-state index contributed by atoms with van der Waals surface area (Å²) in [6, 6.07) is -0.500. The van der Waals surface area contributed by atoms with Gasteiger partial charge in [-0.25, -0.2) is 0 Å². The number of carbonyl (C=O) groups excluding carboxylic acids is 2. The Morgan fingerprint density at radius 3 is 2.53 bits per heavy atom. The molecule has 1 saturated heterocycles. The molecule has 96 valence electrons. The molecule has 2 amide bonds. The molecule has 1 fully saturated rings. The Bertz CT molecular complexity index is 331. The van der Waals surface area contributed by atoms with Crippen LogP contribution in [-0.2, 0) is 9.59 Å². The number of amides is 2. The average Bonchev–Trinajstić information content (AvgIpc) is 2.37. The molecule has 0 aliphatic carbocycles. The monoisotopic (exact) mass is 238 g/mol. The van der Waals surface area contributed by atoms with Gasteiger partial charge in [-0.3, -0.25) is 9.59 Å². The van der Waals surface area contributed by atoms with Crippen LogP contribution < -0.4 is 5.32 Å². The van der Waals surface area contributed by atoms with E-state index in [1.807, 2.05) is 27.7 Å². The summed E-state index contributed by atoms with van der Waals surface area (Å²) in [6.07, 6.45) is 2.09. The molecule has 17 heavy (non-hydrogen) atoms. The quantitative estimate of drug-likeness (QED) is 0.738. The molecule has 0 aromatic rings. The third kappa shape index (κ3) is 3.08. The van der Waals surface area contributed by atoms with Gasteiger partial charge in [0.1, 0.15) is 6.04 Å². The smallest absolute Gasteiger partial charge is 0.246 e. The van der Waals surface area contributed by atoms with Gasteiger partial charge in [0.2, 0.25) is 11.8 Å². The summed E-state index contributed by atoms with van der Waals surface area (Å²) in [5, 5.41) is 2.81. The summed E-state index contributed by atoms with van der Waals surface area (Å²) >= 11 is 0. The van der Waals surface area contributed by atoms with Crippen LogP contribution in [0.4, 0.5) is 0 Å². The van der Waals surface area contributed by atoms with Crippen molar-refractivity contribution in [3.05, 3.63) is 12.7 Å². The summed E-state index contributed by atoms with van der Waals surface area (Å²) in [6.45, 7) is 12.0. The van der Waals surface area contributed by atoms with Crippen molar-refractivity contribution in [2.24, 2.45) is 5.41 Å². The van der Waals surface area contributed by atoms with E-state index in [-0.39, 0.29) is 23.3 Å². The first-order valence-electron chi connectivity index (χ1n) is 5.99. The molecule has 1 rings (SSSR count). The second-order valence-corrected chi connectivity index (χ2v) is 5.62. The van der Waals surface area contributed by atoms with E-state index in [2.05, 4.69) is 11.9 Å².